The van der Waals surface area contributed by atoms with Gasteiger partial charge in [0.25, 0.3) is 15.9 Å². The number of nitrogens with one attached hydrogen (secondary N) is 3. The monoisotopic (exact) mass is 874 g/mol. The molecule has 3 aromatic heterocycles. The van der Waals surface area contributed by atoms with E-state index in [1.807, 2.05) is 42.6 Å². The lowest BCUT2D eigenvalue weighted by atomic mass is 9.72. The summed E-state index contributed by atoms with van der Waals surface area (Å²) in [5.41, 5.74) is 8.17. The number of anilines is 2. The van der Waals surface area contributed by atoms with Crippen LogP contribution in [0.1, 0.15) is 61.9 Å². The molecule has 2 fully saturated rings. The minimum atomic E-state index is -4.43. The van der Waals surface area contributed by atoms with Crippen LogP contribution in [0.3, 0.4) is 0 Å². The van der Waals surface area contributed by atoms with E-state index in [-0.39, 0.29) is 27.6 Å². The number of benzene rings is 3. The maximum absolute atomic E-state index is 14.2. The summed E-state index contributed by atoms with van der Waals surface area (Å²) in [6.07, 6.45) is 8.44. The number of hydrogen-bond acceptors (Lipinski definition) is 11. The fraction of sp³-hybridized carbons (Fsp3) is 0.370. The summed E-state index contributed by atoms with van der Waals surface area (Å²) < 4.78 is 31.5. The number of nitroso groups, excluding NO2 is 1. The highest BCUT2D eigenvalue weighted by Gasteiger charge is 2.30. The molecule has 0 bridgehead atoms. The van der Waals surface area contributed by atoms with Gasteiger partial charge in [0.05, 0.1) is 33.5 Å². The summed E-state index contributed by atoms with van der Waals surface area (Å²) in [4.78, 5) is 40.8. The lowest BCUT2D eigenvalue weighted by Gasteiger charge is -2.39. The van der Waals surface area contributed by atoms with Crippen molar-refractivity contribution in [2.75, 3.05) is 63.1 Å². The van der Waals surface area contributed by atoms with Crippen LogP contribution < -0.4 is 14.9 Å². The van der Waals surface area contributed by atoms with Crippen LogP contribution >= 0.6 is 11.6 Å². The van der Waals surface area contributed by atoms with Crippen molar-refractivity contribution < 1.29 is 13.2 Å². The third kappa shape index (κ3) is 8.71. The Balaban J connectivity index is 0.976. The Kier molecular flexibility index (Phi) is 11.4. The summed E-state index contributed by atoms with van der Waals surface area (Å²) in [7, 11) is -2.37. The second kappa shape index (κ2) is 16.9. The number of carbonyl (C=O) groups is 1. The van der Waals surface area contributed by atoms with Gasteiger partial charge in [0.15, 0.2) is 0 Å². The van der Waals surface area contributed by atoms with Gasteiger partial charge in [0, 0.05) is 61.1 Å². The highest BCUT2D eigenvalue weighted by atomic mass is 35.5. The van der Waals surface area contributed by atoms with Crippen LogP contribution in [-0.4, -0.2) is 103 Å². The Labute approximate surface area is 366 Å². The molecule has 0 unspecified atom stereocenters. The van der Waals surface area contributed by atoms with E-state index < -0.39 is 15.9 Å². The number of piperidine rings is 1. The Morgan fingerprint density at radius 3 is 2.50 bits per heavy atom. The van der Waals surface area contributed by atoms with Gasteiger partial charge in [0.2, 0.25) is 0 Å². The number of carbonyl (C=O) groups excluding carboxylic acids is 1. The van der Waals surface area contributed by atoms with Crippen molar-refractivity contribution in [3.63, 3.8) is 0 Å². The largest absolute Gasteiger partial charge is 0.380 e. The number of rotatable bonds is 11. The first kappa shape index (κ1) is 41.7. The molecule has 322 valence electrons. The van der Waals surface area contributed by atoms with Crippen LogP contribution in [-0.2, 0) is 10.0 Å². The number of allylic oxidation sites excluding steroid dienone is 1. The number of likely N-dealkylation sites (tertiary alicyclic amines) is 1. The Morgan fingerprint density at radius 2 is 1.74 bits per heavy atom. The standard InChI is InChI=1S/C46H51ClN10O4S/c1-46(2)16-12-32(38(27-46)30-4-6-33(47)7-5-30)29-55-20-22-56(23-21-55)35-8-10-37(42(25-35)57-43-24-31-13-17-48-44(31)51-41(43)28-49-57)45(58)53-62(60,61)36-9-11-39(40(26-36)52-59)50-34-14-18-54(3)19-15-34/h4-11,13,17,24-26,28,34,50H,12,14-16,18-23,27,29H2,1-3H3,(H,48,51)(H,53,58). The molecule has 6 aromatic rings. The first-order valence-corrected chi connectivity index (χ1v) is 23.1. The molecule has 0 spiro atoms. The van der Waals surface area contributed by atoms with Gasteiger partial charge in [-0.05, 0) is 135 Å². The molecule has 62 heavy (non-hydrogen) atoms. The molecule has 0 radical (unpaired) electrons. The molecule has 1 aliphatic carbocycles. The number of pyridine rings is 1. The molecule has 3 aromatic carbocycles. The lowest BCUT2D eigenvalue weighted by molar-refractivity contribution is 0.0981. The van der Waals surface area contributed by atoms with Crippen LogP contribution in [0.25, 0.3) is 33.3 Å². The number of fused-ring (bicyclic) bond motifs is 2. The predicted molar refractivity (Wildman–Crippen MR) is 246 cm³/mol. The number of halogens is 1. The molecule has 14 nitrogen and oxygen atoms in total. The fourth-order valence-electron chi connectivity index (χ4n) is 9.08. The van der Waals surface area contributed by atoms with E-state index in [0.29, 0.717) is 28.1 Å². The molecule has 1 amide bonds. The first-order chi connectivity index (χ1) is 29.8. The fourth-order valence-corrected chi connectivity index (χ4v) is 10.2. The van der Waals surface area contributed by atoms with Crippen molar-refractivity contribution in [2.24, 2.45) is 10.6 Å². The first-order valence-electron chi connectivity index (χ1n) is 21.2. The molecule has 0 atom stereocenters. The number of H-pyrrole nitrogens is 1. The number of sulfonamides is 1. The highest BCUT2D eigenvalue weighted by Crippen LogP contribution is 2.43. The normalized spacial score (nSPS) is 18.1. The third-order valence-electron chi connectivity index (χ3n) is 12.7. The maximum Gasteiger partial charge on any atom is 0.267 e. The Hall–Kier alpha value is -5.61. The van der Waals surface area contributed by atoms with E-state index in [9.17, 15) is 18.1 Å². The second-order valence-corrected chi connectivity index (χ2v) is 19.8. The summed E-state index contributed by atoms with van der Waals surface area (Å²) in [6, 6.07) is 21.7. The summed E-state index contributed by atoms with van der Waals surface area (Å²) in [5, 5.41) is 12.8. The highest BCUT2D eigenvalue weighted by molar-refractivity contribution is 7.90. The molecule has 3 N–H and O–H groups in total. The van der Waals surface area contributed by atoms with E-state index in [0.717, 1.165) is 94.0 Å². The molecule has 5 heterocycles. The zero-order valence-corrected chi connectivity index (χ0v) is 36.8. The number of amides is 1. The van der Waals surface area contributed by atoms with E-state index in [2.05, 4.69) is 73.0 Å². The molecular weight excluding hydrogens is 824 g/mol. The van der Waals surface area contributed by atoms with Crippen LogP contribution in [0.15, 0.2) is 101 Å². The van der Waals surface area contributed by atoms with Gasteiger partial charge in [0.1, 0.15) is 16.9 Å². The average Bonchev–Trinajstić information content (AvgIpc) is 3.91. The summed E-state index contributed by atoms with van der Waals surface area (Å²) in [6.45, 7) is 10.6. The van der Waals surface area contributed by atoms with Crippen LogP contribution in [0, 0.1) is 10.3 Å². The van der Waals surface area contributed by atoms with Gasteiger partial charge < -0.3 is 20.1 Å². The summed E-state index contributed by atoms with van der Waals surface area (Å²) >= 11 is 6.26. The number of piperazine rings is 1. The van der Waals surface area contributed by atoms with Crippen molar-refractivity contribution >= 4 is 72.2 Å². The average molecular weight is 875 g/mol. The third-order valence-corrected chi connectivity index (χ3v) is 14.3. The number of aromatic nitrogens is 4. The topological polar surface area (TPSA) is 161 Å². The zero-order valence-electron chi connectivity index (χ0n) is 35.2. The summed E-state index contributed by atoms with van der Waals surface area (Å²) in [5.74, 6) is -0.842. The van der Waals surface area contributed by atoms with Crippen molar-refractivity contribution in [3.05, 3.63) is 112 Å². The lowest BCUT2D eigenvalue weighted by Crippen LogP contribution is -2.47. The maximum atomic E-state index is 14.2. The Bertz CT molecular complexity index is 2800. The van der Waals surface area contributed by atoms with Crippen LogP contribution in [0.4, 0.5) is 17.1 Å². The molecule has 2 aliphatic heterocycles. The van der Waals surface area contributed by atoms with Gasteiger partial charge >= 0.3 is 0 Å². The molecule has 3 aliphatic rings. The number of hydrogen-bond donors (Lipinski definition) is 3. The van der Waals surface area contributed by atoms with Crippen LogP contribution in [0.2, 0.25) is 5.02 Å². The number of aromatic amines is 1. The Morgan fingerprint density at radius 1 is 0.968 bits per heavy atom. The van der Waals surface area contributed by atoms with Gasteiger partial charge in [-0.3, -0.25) is 9.69 Å². The molecule has 9 rings (SSSR count). The predicted octanol–water partition coefficient (Wildman–Crippen LogP) is 8.36. The van der Waals surface area contributed by atoms with Crippen LogP contribution in [0.5, 0.6) is 0 Å². The van der Waals surface area contributed by atoms with Gasteiger partial charge in [-0.2, -0.15) is 5.10 Å². The minimum Gasteiger partial charge on any atom is -0.380 e. The second-order valence-electron chi connectivity index (χ2n) is 17.7. The smallest absolute Gasteiger partial charge is 0.267 e. The van der Waals surface area contributed by atoms with Gasteiger partial charge in [-0.15, -0.1) is 4.91 Å². The van der Waals surface area contributed by atoms with Crippen molar-refractivity contribution in [3.8, 4) is 5.69 Å². The van der Waals surface area contributed by atoms with Crippen molar-refractivity contribution in [2.45, 2.75) is 56.9 Å². The van der Waals surface area contributed by atoms with Gasteiger partial charge in [-0.25, -0.2) is 22.8 Å². The van der Waals surface area contributed by atoms with E-state index >= 15 is 0 Å². The quantitative estimate of drug-likeness (QED) is 0.108. The molecule has 2 saturated heterocycles. The SMILES string of the molecule is CN1CCC(Nc2ccc(S(=O)(=O)NC(=O)c3ccc(N4CCN(CC5=C(c6ccc(Cl)cc6)CC(C)(C)CC5)CC4)cc3-n3ncc4nc5[nH]ccc5cc43)cc2N=O)CC1. The zero-order chi connectivity index (χ0) is 43.2. The van der Waals surface area contributed by atoms with Crippen molar-refractivity contribution in [1.29, 1.82) is 0 Å². The number of nitrogens with zero attached hydrogens (tertiary/aromatic N) is 7. The molecular formula is C46H51ClN10O4S. The van der Waals surface area contributed by atoms with E-state index in [1.165, 1.54) is 34.9 Å². The molecule has 16 heteroatoms. The minimum absolute atomic E-state index is 0.0441. The van der Waals surface area contributed by atoms with Gasteiger partial charge in [-0.1, -0.05) is 43.2 Å². The molecule has 0 saturated carbocycles. The van der Waals surface area contributed by atoms with E-state index in [1.54, 1.807) is 16.9 Å². The van der Waals surface area contributed by atoms with Crippen molar-refractivity contribution in [1.82, 2.24) is 34.3 Å². The van der Waals surface area contributed by atoms with E-state index in [4.69, 9.17) is 16.6 Å².